The van der Waals surface area contributed by atoms with E-state index in [4.69, 9.17) is 0 Å². The van der Waals surface area contributed by atoms with Gasteiger partial charge in [-0.05, 0) is 46.7 Å². The Bertz CT molecular complexity index is 1170. The molecule has 30 heavy (non-hydrogen) atoms. The van der Waals surface area contributed by atoms with Gasteiger partial charge in [-0.1, -0.05) is 60.7 Å². The second-order valence-electron chi connectivity index (χ2n) is 7.48. The highest BCUT2D eigenvalue weighted by Crippen LogP contribution is 2.36. The van der Waals surface area contributed by atoms with Crippen molar-refractivity contribution in [2.75, 3.05) is 19.0 Å². The number of hydrogen-bond donors (Lipinski definition) is 2. The summed E-state index contributed by atoms with van der Waals surface area (Å²) < 4.78 is 0. The zero-order valence-electron chi connectivity index (χ0n) is 17.0. The van der Waals surface area contributed by atoms with Crippen molar-refractivity contribution in [1.29, 1.82) is 0 Å². The van der Waals surface area contributed by atoms with Crippen molar-refractivity contribution in [1.82, 2.24) is 5.32 Å². The summed E-state index contributed by atoms with van der Waals surface area (Å²) in [6.07, 6.45) is 0. The van der Waals surface area contributed by atoms with E-state index in [1.807, 2.05) is 91.8 Å². The van der Waals surface area contributed by atoms with Gasteiger partial charge in [0.15, 0.2) is 0 Å². The molecule has 4 aromatic rings. The van der Waals surface area contributed by atoms with E-state index in [2.05, 4.69) is 5.32 Å². The number of nitrogens with one attached hydrogen (secondary N) is 1. The highest BCUT2D eigenvalue weighted by Gasteiger charge is 2.23. The number of aromatic hydroxyl groups is 1. The molecule has 0 aromatic heterocycles. The molecule has 1 unspecified atom stereocenters. The van der Waals surface area contributed by atoms with Gasteiger partial charge in [0.25, 0.3) is 5.91 Å². The third-order valence-electron chi connectivity index (χ3n) is 5.29. The summed E-state index contributed by atoms with van der Waals surface area (Å²) >= 11 is 0. The monoisotopic (exact) mass is 396 g/mol. The standard InChI is InChI=1S/C26H24N2O2/c1-28(2)21-15-12-19(13-16-21)25(27-26(30)20-9-4-3-5-10-20)24-22-11-7-6-8-18(22)14-17-23(24)29/h3-17,25,29H,1-2H3,(H,27,30). The first-order valence-corrected chi connectivity index (χ1v) is 9.88. The van der Waals surface area contributed by atoms with Gasteiger partial charge in [0.1, 0.15) is 5.75 Å². The molecule has 0 bridgehead atoms. The number of fused-ring (bicyclic) bond motifs is 1. The molecular formula is C26H24N2O2. The fourth-order valence-corrected chi connectivity index (χ4v) is 3.68. The number of nitrogens with zero attached hydrogens (tertiary/aromatic N) is 1. The fourth-order valence-electron chi connectivity index (χ4n) is 3.68. The van der Waals surface area contributed by atoms with Crippen molar-refractivity contribution in [3.63, 3.8) is 0 Å². The summed E-state index contributed by atoms with van der Waals surface area (Å²) in [5, 5.41) is 15.9. The molecule has 4 aromatic carbocycles. The van der Waals surface area contributed by atoms with Crippen LogP contribution in [0.1, 0.15) is 27.5 Å². The Morgan fingerprint density at radius 3 is 2.20 bits per heavy atom. The summed E-state index contributed by atoms with van der Waals surface area (Å²) in [5.74, 6) is -0.0339. The number of carbonyl (C=O) groups is 1. The molecule has 0 aliphatic carbocycles. The zero-order valence-corrected chi connectivity index (χ0v) is 17.0. The molecule has 4 rings (SSSR count). The molecule has 0 heterocycles. The molecule has 1 atom stereocenters. The lowest BCUT2D eigenvalue weighted by Gasteiger charge is -2.23. The summed E-state index contributed by atoms with van der Waals surface area (Å²) in [7, 11) is 3.97. The molecule has 4 heteroatoms. The Morgan fingerprint density at radius 1 is 0.833 bits per heavy atom. The predicted octanol–water partition coefficient (Wildman–Crippen LogP) is 5.13. The molecule has 2 N–H and O–H groups in total. The van der Waals surface area contributed by atoms with E-state index in [-0.39, 0.29) is 11.7 Å². The minimum atomic E-state index is -0.500. The second-order valence-corrected chi connectivity index (χ2v) is 7.48. The summed E-state index contributed by atoms with van der Waals surface area (Å²) in [6.45, 7) is 0. The number of carbonyl (C=O) groups excluding carboxylic acids is 1. The van der Waals surface area contributed by atoms with E-state index in [0.717, 1.165) is 22.0 Å². The van der Waals surface area contributed by atoms with Gasteiger partial charge in [-0.3, -0.25) is 4.79 Å². The Hall–Kier alpha value is -3.79. The summed E-state index contributed by atoms with van der Waals surface area (Å²) in [6, 6.07) is 28.1. The SMILES string of the molecule is CN(C)c1ccc(C(NC(=O)c2ccccc2)c2c(O)ccc3ccccc23)cc1. The van der Waals surface area contributed by atoms with Crippen LogP contribution in [0.15, 0.2) is 91.0 Å². The molecule has 0 spiro atoms. The van der Waals surface area contributed by atoms with E-state index in [1.165, 1.54) is 0 Å². The lowest BCUT2D eigenvalue weighted by Crippen LogP contribution is -2.29. The van der Waals surface area contributed by atoms with E-state index in [9.17, 15) is 9.90 Å². The van der Waals surface area contributed by atoms with Crippen LogP contribution < -0.4 is 10.2 Å². The van der Waals surface area contributed by atoms with E-state index < -0.39 is 6.04 Å². The lowest BCUT2D eigenvalue weighted by atomic mass is 9.92. The molecule has 0 saturated heterocycles. The maximum atomic E-state index is 13.0. The molecule has 0 aliphatic rings. The van der Waals surface area contributed by atoms with Gasteiger partial charge in [-0.2, -0.15) is 0 Å². The average molecular weight is 396 g/mol. The van der Waals surface area contributed by atoms with Crippen LogP contribution in [0.4, 0.5) is 5.69 Å². The van der Waals surface area contributed by atoms with Crippen molar-refractivity contribution in [2.45, 2.75) is 6.04 Å². The molecule has 0 aliphatic heterocycles. The first-order valence-electron chi connectivity index (χ1n) is 9.88. The number of anilines is 1. The Labute approximate surface area is 176 Å². The zero-order chi connectivity index (χ0) is 21.1. The average Bonchev–Trinajstić information content (AvgIpc) is 2.78. The smallest absolute Gasteiger partial charge is 0.252 e. The number of amides is 1. The Balaban J connectivity index is 1.84. The van der Waals surface area contributed by atoms with Crippen LogP contribution in [-0.2, 0) is 0 Å². The van der Waals surface area contributed by atoms with Gasteiger partial charge in [-0.25, -0.2) is 0 Å². The Kier molecular flexibility index (Phi) is 5.40. The van der Waals surface area contributed by atoms with Crippen molar-refractivity contribution >= 4 is 22.4 Å². The second kappa shape index (κ2) is 8.29. The van der Waals surface area contributed by atoms with Crippen LogP contribution in [0.5, 0.6) is 5.75 Å². The maximum absolute atomic E-state index is 13.0. The first-order chi connectivity index (χ1) is 14.5. The minimum Gasteiger partial charge on any atom is -0.508 e. The van der Waals surface area contributed by atoms with Crippen LogP contribution in [0.2, 0.25) is 0 Å². The van der Waals surface area contributed by atoms with E-state index >= 15 is 0 Å². The third-order valence-corrected chi connectivity index (χ3v) is 5.29. The highest BCUT2D eigenvalue weighted by atomic mass is 16.3. The molecule has 150 valence electrons. The summed E-state index contributed by atoms with van der Waals surface area (Å²) in [5.41, 5.74) is 3.23. The normalized spacial score (nSPS) is 11.8. The highest BCUT2D eigenvalue weighted by molar-refractivity contribution is 5.96. The third kappa shape index (κ3) is 3.85. The van der Waals surface area contributed by atoms with E-state index in [0.29, 0.717) is 11.1 Å². The van der Waals surface area contributed by atoms with Gasteiger partial charge in [0.05, 0.1) is 6.04 Å². The first kappa shape index (κ1) is 19.5. The van der Waals surface area contributed by atoms with Crippen LogP contribution in [0, 0.1) is 0 Å². The largest absolute Gasteiger partial charge is 0.508 e. The molecule has 0 fully saturated rings. The van der Waals surface area contributed by atoms with Crippen molar-refractivity contribution in [3.05, 3.63) is 108 Å². The van der Waals surface area contributed by atoms with Crippen LogP contribution >= 0.6 is 0 Å². The van der Waals surface area contributed by atoms with Crippen LogP contribution in [0.25, 0.3) is 10.8 Å². The van der Waals surface area contributed by atoms with Gasteiger partial charge in [0.2, 0.25) is 0 Å². The van der Waals surface area contributed by atoms with Crippen molar-refractivity contribution in [3.8, 4) is 5.75 Å². The minimum absolute atomic E-state index is 0.156. The summed E-state index contributed by atoms with van der Waals surface area (Å²) in [4.78, 5) is 15.0. The topological polar surface area (TPSA) is 52.6 Å². The number of benzene rings is 4. The molecular weight excluding hydrogens is 372 g/mol. The molecule has 0 radical (unpaired) electrons. The quantitative estimate of drug-likeness (QED) is 0.492. The van der Waals surface area contributed by atoms with Gasteiger partial charge in [0, 0.05) is 30.9 Å². The van der Waals surface area contributed by atoms with Gasteiger partial charge >= 0.3 is 0 Å². The lowest BCUT2D eigenvalue weighted by molar-refractivity contribution is 0.0943. The van der Waals surface area contributed by atoms with E-state index in [1.54, 1.807) is 18.2 Å². The molecule has 4 nitrogen and oxygen atoms in total. The van der Waals surface area contributed by atoms with Crippen LogP contribution in [0.3, 0.4) is 0 Å². The Morgan fingerprint density at radius 2 is 1.50 bits per heavy atom. The number of phenols is 1. The van der Waals surface area contributed by atoms with Crippen molar-refractivity contribution < 1.29 is 9.90 Å². The number of hydrogen-bond acceptors (Lipinski definition) is 3. The predicted molar refractivity (Wildman–Crippen MR) is 122 cm³/mol. The van der Waals surface area contributed by atoms with Gasteiger partial charge < -0.3 is 15.3 Å². The number of rotatable bonds is 5. The molecule has 0 saturated carbocycles. The van der Waals surface area contributed by atoms with Gasteiger partial charge in [-0.15, -0.1) is 0 Å². The number of phenolic OH excluding ortho intramolecular Hbond substituents is 1. The van der Waals surface area contributed by atoms with Crippen LogP contribution in [-0.4, -0.2) is 25.1 Å². The maximum Gasteiger partial charge on any atom is 0.252 e. The van der Waals surface area contributed by atoms with Crippen molar-refractivity contribution in [2.24, 2.45) is 0 Å². The molecule has 1 amide bonds. The fraction of sp³-hybridized carbons (Fsp3) is 0.115.